The minimum atomic E-state index is 0.356. The molecule has 1 aromatic heterocycles. The number of hydrogen-bond donors (Lipinski definition) is 2. The van der Waals surface area contributed by atoms with E-state index in [1.807, 2.05) is 12.1 Å². The molecule has 1 aliphatic rings. The van der Waals surface area contributed by atoms with Gasteiger partial charge in [-0.15, -0.1) is 0 Å². The molecular weight excluding hydrogens is 224 g/mol. The Hall–Kier alpha value is -1.78. The van der Waals surface area contributed by atoms with Gasteiger partial charge in [0.05, 0.1) is 6.17 Å². The van der Waals surface area contributed by atoms with Gasteiger partial charge in [0.15, 0.2) is 5.82 Å². The molecule has 1 saturated heterocycles. The summed E-state index contributed by atoms with van der Waals surface area (Å²) >= 11 is 0. The van der Waals surface area contributed by atoms with E-state index >= 15 is 0 Å². The Kier molecular flexibility index (Phi) is 3.30. The fraction of sp³-hybridized carbons (Fsp3) is 0.286. The van der Waals surface area contributed by atoms with Crippen molar-refractivity contribution in [1.82, 2.24) is 20.6 Å². The lowest BCUT2D eigenvalue weighted by Gasteiger charge is -2.13. The lowest BCUT2D eigenvalue weighted by molar-refractivity contribution is 0.551. The van der Waals surface area contributed by atoms with Gasteiger partial charge in [0.1, 0.15) is 0 Å². The molecule has 2 heterocycles. The SMILES string of the molecule is c1cnc(-c2ccccc2CC2NCCN2)nc1. The molecule has 0 unspecified atom stereocenters. The van der Waals surface area contributed by atoms with Crippen LogP contribution in [0.5, 0.6) is 0 Å². The first-order chi connectivity index (χ1) is 8.93. The molecule has 3 rings (SSSR count). The van der Waals surface area contributed by atoms with E-state index in [1.165, 1.54) is 5.56 Å². The molecule has 1 fully saturated rings. The Morgan fingerprint density at radius 3 is 2.50 bits per heavy atom. The minimum absolute atomic E-state index is 0.356. The van der Waals surface area contributed by atoms with Crippen LogP contribution in [-0.2, 0) is 6.42 Å². The Morgan fingerprint density at radius 1 is 1.00 bits per heavy atom. The maximum atomic E-state index is 4.33. The summed E-state index contributed by atoms with van der Waals surface area (Å²) in [5, 5.41) is 6.86. The molecule has 1 aromatic carbocycles. The normalized spacial score (nSPS) is 16.0. The third-order valence-electron chi connectivity index (χ3n) is 3.15. The maximum absolute atomic E-state index is 4.33. The van der Waals surface area contributed by atoms with Gasteiger partial charge in [-0.05, 0) is 11.6 Å². The summed E-state index contributed by atoms with van der Waals surface area (Å²) in [4.78, 5) is 8.66. The molecule has 2 aromatic rings. The molecule has 18 heavy (non-hydrogen) atoms. The van der Waals surface area contributed by atoms with Crippen LogP contribution < -0.4 is 10.6 Å². The van der Waals surface area contributed by atoms with Gasteiger partial charge in [-0.2, -0.15) is 0 Å². The van der Waals surface area contributed by atoms with E-state index < -0.39 is 0 Å². The van der Waals surface area contributed by atoms with Crippen molar-refractivity contribution in [2.45, 2.75) is 12.6 Å². The molecule has 0 amide bonds. The zero-order valence-corrected chi connectivity index (χ0v) is 10.1. The molecule has 0 spiro atoms. The Labute approximate surface area is 106 Å². The Balaban J connectivity index is 1.90. The second kappa shape index (κ2) is 5.25. The monoisotopic (exact) mass is 240 g/mol. The predicted molar refractivity (Wildman–Crippen MR) is 71.0 cm³/mol. The van der Waals surface area contributed by atoms with Gasteiger partial charge >= 0.3 is 0 Å². The Bertz CT molecular complexity index is 506. The van der Waals surface area contributed by atoms with Crippen LogP contribution in [0.4, 0.5) is 0 Å². The van der Waals surface area contributed by atoms with Crippen molar-refractivity contribution in [2.24, 2.45) is 0 Å². The van der Waals surface area contributed by atoms with Crippen molar-refractivity contribution in [2.75, 3.05) is 13.1 Å². The summed E-state index contributed by atoms with van der Waals surface area (Å²) < 4.78 is 0. The number of rotatable bonds is 3. The highest BCUT2D eigenvalue weighted by Gasteiger charge is 2.16. The average molecular weight is 240 g/mol. The molecule has 0 bridgehead atoms. The summed E-state index contributed by atoms with van der Waals surface area (Å²) in [5.41, 5.74) is 2.39. The molecule has 1 aliphatic heterocycles. The molecule has 4 heteroatoms. The first-order valence-electron chi connectivity index (χ1n) is 6.25. The highest BCUT2D eigenvalue weighted by molar-refractivity contribution is 5.59. The lowest BCUT2D eigenvalue weighted by atomic mass is 10.0. The van der Waals surface area contributed by atoms with Crippen LogP contribution in [0.25, 0.3) is 11.4 Å². The van der Waals surface area contributed by atoms with Crippen LogP contribution in [0.1, 0.15) is 5.56 Å². The largest absolute Gasteiger partial charge is 0.300 e. The van der Waals surface area contributed by atoms with Crippen molar-refractivity contribution < 1.29 is 0 Å². The van der Waals surface area contributed by atoms with Gasteiger partial charge in [0.25, 0.3) is 0 Å². The second-order valence-electron chi connectivity index (χ2n) is 4.39. The van der Waals surface area contributed by atoms with Gasteiger partial charge in [-0.3, -0.25) is 0 Å². The smallest absolute Gasteiger partial charge is 0.159 e. The van der Waals surface area contributed by atoms with Crippen molar-refractivity contribution in [3.8, 4) is 11.4 Å². The van der Waals surface area contributed by atoms with Gasteiger partial charge in [-0.1, -0.05) is 24.3 Å². The highest BCUT2D eigenvalue weighted by Crippen LogP contribution is 2.20. The quantitative estimate of drug-likeness (QED) is 0.846. The van der Waals surface area contributed by atoms with E-state index in [2.05, 4.69) is 38.8 Å². The number of nitrogens with one attached hydrogen (secondary N) is 2. The number of aromatic nitrogens is 2. The van der Waals surface area contributed by atoms with E-state index in [0.29, 0.717) is 6.17 Å². The van der Waals surface area contributed by atoms with Crippen LogP contribution in [0, 0.1) is 0 Å². The van der Waals surface area contributed by atoms with E-state index in [1.54, 1.807) is 12.4 Å². The average Bonchev–Trinajstić information content (AvgIpc) is 2.93. The summed E-state index contributed by atoms with van der Waals surface area (Å²) in [5.74, 6) is 0.797. The van der Waals surface area contributed by atoms with Crippen LogP contribution in [-0.4, -0.2) is 29.2 Å². The summed E-state index contributed by atoms with van der Waals surface area (Å²) in [6.07, 6.45) is 4.87. The molecular formula is C14H16N4. The van der Waals surface area contributed by atoms with Crippen molar-refractivity contribution in [3.05, 3.63) is 48.3 Å². The first-order valence-corrected chi connectivity index (χ1v) is 6.25. The van der Waals surface area contributed by atoms with Gasteiger partial charge in [-0.25, -0.2) is 9.97 Å². The van der Waals surface area contributed by atoms with Crippen molar-refractivity contribution in [3.63, 3.8) is 0 Å². The predicted octanol–water partition coefficient (Wildman–Crippen LogP) is 1.20. The van der Waals surface area contributed by atoms with Crippen LogP contribution >= 0.6 is 0 Å². The van der Waals surface area contributed by atoms with Crippen LogP contribution in [0.2, 0.25) is 0 Å². The van der Waals surface area contributed by atoms with E-state index in [0.717, 1.165) is 30.9 Å². The first kappa shape index (κ1) is 11.3. The number of hydrogen-bond acceptors (Lipinski definition) is 4. The maximum Gasteiger partial charge on any atom is 0.159 e. The zero-order valence-electron chi connectivity index (χ0n) is 10.1. The molecule has 92 valence electrons. The van der Waals surface area contributed by atoms with Gasteiger partial charge < -0.3 is 10.6 Å². The minimum Gasteiger partial charge on any atom is -0.300 e. The molecule has 0 aliphatic carbocycles. The summed E-state index contributed by atoms with van der Waals surface area (Å²) in [7, 11) is 0. The third kappa shape index (κ3) is 2.39. The van der Waals surface area contributed by atoms with E-state index in [4.69, 9.17) is 0 Å². The molecule has 0 radical (unpaired) electrons. The summed E-state index contributed by atoms with van der Waals surface area (Å²) in [6, 6.07) is 10.2. The zero-order chi connectivity index (χ0) is 12.2. The molecule has 0 atom stereocenters. The Morgan fingerprint density at radius 2 is 1.72 bits per heavy atom. The fourth-order valence-corrected chi connectivity index (χ4v) is 2.28. The summed E-state index contributed by atoms with van der Waals surface area (Å²) in [6.45, 7) is 2.07. The van der Waals surface area contributed by atoms with Crippen LogP contribution in [0.3, 0.4) is 0 Å². The number of nitrogens with zero attached hydrogens (tertiary/aromatic N) is 2. The van der Waals surface area contributed by atoms with Gasteiger partial charge in [0.2, 0.25) is 0 Å². The molecule has 4 nitrogen and oxygen atoms in total. The van der Waals surface area contributed by atoms with Crippen LogP contribution in [0.15, 0.2) is 42.7 Å². The molecule has 0 saturated carbocycles. The highest BCUT2D eigenvalue weighted by atomic mass is 15.2. The molecule has 2 N–H and O–H groups in total. The lowest BCUT2D eigenvalue weighted by Crippen LogP contribution is -2.33. The third-order valence-corrected chi connectivity index (χ3v) is 3.15. The van der Waals surface area contributed by atoms with E-state index in [9.17, 15) is 0 Å². The van der Waals surface area contributed by atoms with E-state index in [-0.39, 0.29) is 0 Å². The standard InChI is InChI=1S/C14H16N4/c1-2-5-12(14-17-6-3-7-18-14)11(4-1)10-13-15-8-9-16-13/h1-7,13,15-16H,8-10H2. The van der Waals surface area contributed by atoms with Crippen molar-refractivity contribution >= 4 is 0 Å². The van der Waals surface area contributed by atoms with Gasteiger partial charge in [0, 0.05) is 37.5 Å². The topological polar surface area (TPSA) is 49.8 Å². The fourth-order valence-electron chi connectivity index (χ4n) is 2.28. The second-order valence-corrected chi connectivity index (χ2v) is 4.39. The number of benzene rings is 1. The van der Waals surface area contributed by atoms with Crippen molar-refractivity contribution in [1.29, 1.82) is 0 Å².